The van der Waals surface area contributed by atoms with E-state index in [-0.39, 0.29) is 23.8 Å². The largest absolute Gasteiger partial charge is 0.355 e. The van der Waals surface area contributed by atoms with Crippen molar-refractivity contribution in [1.82, 2.24) is 15.5 Å². The van der Waals surface area contributed by atoms with E-state index < -0.39 is 0 Å². The summed E-state index contributed by atoms with van der Waals surface area (Å²) in [5, 5.41) is 6.13. The van der Waals surface area contributed by atoms with E-state index in [4.69, 9.17) is 0 Å². The minimum Gasteiger partial charge on any atom is -0.355 e. The number of nitrogens with zero attached hydrogens (tertiary/aromatic N) is 1. The lowest BCUT2D eigenvalue weighted by atomic mass is 9.98. The van der Waals surface area contributed by atoms with Crippen LogP contribution >= 0.6 is 0 Å². The van der Waals surface area contributed by atoms with Crippen LogP contribution in [0.15, 0.2) is 24.3 Å². The third kappa shape index (κ3) is 3.60. The van der Waals surface area contributed by atoms with Gasteiger partial charge in [0.2, 0.25) is 5.91 Å². The second kappa shape index (κ2) is 7.52. The summed E-state index contributed by atoms with van der Waals surface area (Å²) >= 11 is 0. The maximum Gasteiger partial charge on any atom is 0.238 e. The number of carbonyl (C=O) groups excluding carboxylic acids is 1. The van der Waals surface area contributed by atoms with Crippen molar-refractivity contribution >= 4 is 5.91 Å². The van der Waals surface area contributed by atoms with Gasteiger partial charge in [-0.25, -0.2) is 4.39 Å². The molecule has 1 aromatic carbocycles. The first-order valence-corrected chi connectivity index (χ1v) is 7.67. The van der Waals surface area contributed by atoms with E-state index in [0.29, 0.717) is 18.7 Å². The average Bonchev–Trinajstić information content (AvgIpc) is 2.50. The normalized spacial score (nSPS) is 21.0. The summed E-state index contributed by atoms with van der Waals surface area (Å²) in [4.78, 5) is 14.4. The molecule has 0 saturated carbocycles. The molecule has 4 nitrogen and oxygen atoms in total. The molecule has 1 fully saturated rings. The van der Waals surface area contributed by atoms with Gasteiger partial charge < -0.3 is 10.6 Å². The zero-order valence-corrected chi connectivity index (χ0v) is 12.7. The van der Waals surface area contributed by atoms with Crippen molar-refractivity contribution in [1.29, 1.82) is 0 Å². The van der Waals surface area contributed by atoms with Crippen LogP contribution in [0.3, 0.4) is 0 Å². The lowest BCUT2D eigenvalue weighted by Gasteiger charge is -2.40. The third-order valence-electron chi connectivity index (χ3n) is 3.99. The Morgan fingerprint density at radius 2 is 2.24 bits per heavy atom. The lowest BCUT2D eigenvalue weighted by molar-refractivity contribution is -0.128. The fourth-order valence-electron chi connectivity index (χ4n) is 3.01. The van der Waals surface area contributed by atoms with Crippen LogP contribution in [0.4, 0.5) is 4.39 Å². The van der Waals surface area contributed by atoms with Crippen molar-refractivity contribution in [3.8, 4) is 0 Å². The number of hydrogen-bond donors (Lipinski definition) is 2. The van der Waals surface area contributed by atoms with Gasteiger partial charge in [0, 0.05) is 37.8 Å². The molecule has 2 atom stereocenters. The highest BCUT2D eigenvalue weighted by Crippen LogP contribution is 2.28. The van der Waals surface area contributed by atoms with E-state index in [1.165, 1.54) is 6.07 Å². The molecule has 0 radical (unpaired) electrons. The van der Waals surface area contributed by atoms with Gasteiger partial charge in [-0.1, -0.05) is 25.1 Å². The van der Waals surface area contributed by atoms with Gasteiger partial charge in [-0.3, -0.25) is 9.69 Å². The third-order valence-corrected chi connectivity index (χ3v) is 3.99. The molecule has 5 heteroatoms. The molecule has 0 spiro atoms. The van der Waals surface area contributed by atoms with E-state index in [2.05, 4.69) is 15.5 Å². The summed E-state index contributed by atoms with van der Waals surface area (Å²) in [7, 11) is 0. The Bertz CT molecular complexity index is 480. The molecule has 1 heterocycles. The maximum absolute atomic E-state index is 14.1. The molecule has 1 aromatic rings. The number of rotatable bonds is 5. The Morgan fingerprint density at radius 1 is 1.48 bits per heavy atom. The number of carbonyl (C=O) groups is 1. The molecule has 0 bridgehead atoms. The van der Waals surface area contributed by atoms with Crippen LogP contribution in [0.5, 0.6) is 0 Å². The Kier molecular flexibility index (Phi) is 5.70. The van der Waals surface area contributed by atoms with E-state index in [1.54, 1.807) is 6.07 Å². The van der Waals surface area contributed by atoms with Crippen LogP contribution in [0, 0.1) is 5.82 Å². The van der Waals surface area contributed by atoms with Gasteiger partial charge in [-0.15, -0.1) is 0 Å². The minimum absolute atomic E-state index is 0.0134. The van der Waals surface area contributed by atoms with Crippen LogP contribution < -0.4 is 10.6 Å². The number of benzene rings is 1. The second-order valence-electron chi connectivity index (χ2n) is 5.30. The zero-order chi connectivity index (χ0) is 15.2. The molecule has 2 rings (SSSR count). The Labute approximate surface area is 125 Å². The Balaban J connectivity index is 2.25. The number of likely N-dealkylation sites (N-methyl/N-ethyl adjacent to an activating group) is 1. The molecule has 116 valence electrons. The average molecular weight is 293 g/mol. The SMILES string of the molecule is CCNC(=O)C1CNCCN1C(CC)c1ccccc1F. The predicted octanol–water partition coefficient (Wildman–Crippen LogP) is 1.69. The number of piperazine rings is 1. The summed E-state index contributed by atoms with van der Waals surface area (Å²) in [6.45, 7) is 6.73. The second-order valence-corrected chi connectivity index (χ2v) is 5.30. The van der Waals surface area contributed by atoms with E-state index in [1.807, 2.05) is 26.0 Å². The van der Waals surface area contributed by atoms with Crippen LogP contribution in [-0.4, -0.2) is 43.0 Å². The van der Waals surface area contributed by atoms with Crippen molar-refractivity contribution < 1.29 is 9.18 Å². The maximum atomic E-state index is 14.1. The number of halogens is 1. The molecule has 21 heavy (non-hydrogen) atoms. The number of hydrogen-bond acceptors (Lipinski definition) is 3. The predicted molar refractivity (Wildman–Crippen MR) is 81.5 cm³/mol. The van der Waals surface area contributed by atoms with E-state index in [9.17, 15) is 9.18 Å². The molecule has 0 aliphatic carbocycles. The summed E-state index contributed by atoms with van der Waals surface area (Å²) in [6.07, 6.45) is 0.775. The molecule has 1 saturated heterocycles. The summed E-state index contributed by atoms with van der Waals surface area (Å²) in [5.74, 6) is -0.183. The van der Waals surface area contributed by atoms with Crippen LogP contribution in [0.2, 0.25) is 0 Å². The van der Waals surface area contributed by atoms with Gasteiger partial charge in [0.25, 0.3) is 0 Å². The van der Waals surface area contributed by atoms with Crippen molar-refractivity contribution in [2.75, 3.05) is 26.2 Å². The van der Waals surface area contributed by atoms with Gasteiger partial charge in [-0.2, -0.15) is 0 Å². The standard InChI is InChI=1S/C16H24FN3O/c1-3-14(12-7-5-6-8-13(12)17)20-10-9-18-11-15(20)16(21)19-4-2/h5-8,14-15,18H,3-4,9-11H2,1-2H3,(H,19,21). The monoisotopic (exact) mass is 293 g/mol. The van der Waals surface area contributed by atoms with E-state index >= 15 is 0 Å². The van der Waals surface area contributed by atoms with Crippen LogP contribution in [0.25, 0.3) is 0 Å². The first kappa shape index (κ1) is 15.9. The fourth-order valence-corrected chi connectivity index (χ4v) is 3.01. The highest BCUT2D eigenvalue weighted by molar-refractivity contribution is 5.82. The van der Waals surface area contributed by atoms with Crippen LogP contribution in [-0.2, 0) is 4.79 Å². The topological polar surface area (TPSA) is 44.4 Å². The van der Waals surface area contributed by atoms with Gasteiger partial charge in [0.05, 0.1) is 0 Å². The zero-order valence-electron chi connectivity index (χ0n) is 12.7. The highest BCUT2D eigenvalue weighted by Gasteiger charge is 2.34. The van der Waals surface area contributed by atoms with Gasteiger partial charge >= 0.3 is 0 Å². The number of amides is 1. The Morgan fingerprint density at radius 3 is 2.90 bits per heavy atom. The molecular weight excluding hydrogens is 269 g/mol. The molecule has 1 aliphatic heterocycles. The summed E-state index contributed by atoms with van der Waals surface area (Å²) < 4.78 is 14.1. The highest BCUT2D eigenvalue weighted by atomic mass is 19.1. The molecular formula is C16H24FN3O. The van der Waals surface area contributed by atoms with Gasteiger partial charge in [0.15, 0.2) is 0 Å². The lowest BCUT2D eigenvalue weighted by Crippen LogP contribution is -2.58. The fraction of sp³-hybridized carbons (Fsp3) is 0.562. The van der Waals surface area contributed by atoms with E-state index in [0.717, 1.165) is 19.5 Å². The molecule has 2 N–H and O–H groups in total. The smallest absolute Gasteiger partial charge is 0.238 e. The van der Waals surface area contributed by atoms with Crippen molar-refractivity contribution in [3.63, 3.8) is 0 Å². The van der Waals surface area contributed by atoms with Crippen molar-refractivity contribution in [3.05, 3.63) is 35.6 Å². The van der Waals surface area contributed by atoms with Crippen molar-refractivity contribution in [2.45, 2.75) is 32.4 Å². The van der Waals surface area contributed by atoms with Crippen molar-refractivity contribution in [2.24, 2.45) is 0 Å². The molecule has 2 unspecified atom stereocenters. The summed E-state index contributed by atoms with van der Waals surface area (Å²) in [6, 6.07) is 6.54. The first-order chi connectivity index (χ1) is 10.2. The van der Waals surface area contributed by atoms with Gasteiger partial charge in [0.1, 0.15) is 11.9 Å². The molecule has 1 amide bonds. The summed E-state index contributed by atoms with van der Waals surface area (Å²) in [5.41, 5.74) is 0.677. The quantitative estimate of drug-likeness (QED) is 0.868. The Hall–Kier alpha value is -1.46. The van der Waals surface area contributed by atoms with Gasteiger partial charge in [-0.05, 0) is 19.4 Å². The molecule has 1 aliphatic rings. The first-order valence-electron chi connectivity index (χ1n) is 7.67. The van der Waals surface area contributed by atoms with Crippen LogP contribution in [0.1, 0.15) is 31.9 Å². The minimum atomic E-state index is -0.247. The molecule has 0 aromatic heterocycles. The number of nitrogens with one attached hydrogen (secondary N) is 2.